The van der Waals surface area contributed by atoms with Crippen LogP contribution in [0.25, 0.3) is 0 Å². The zero-order valence-electron chi connectivity index (χ0n) is 10.5. The van der Waals surface area contributed by atoms with Crippen LogP contribution < -0.4 is 4.90 Å². The minimum absolute atomic E-state index is 0.114. The molecule has 0 atom stereocenters. The molecule has 94 valence electrons. The fraction of sp³-hybridized carbons (Fsp3) is 0.727. The molecule has 0 saturated carbocycles. The molecule has 2 heterocycles. The Morgan fingerprint density at radius 2 is 2.18 bits per heavy atom. The van der Waals surface area contributed by atoms with E-state index in [-0.39, 0.29) is 11.8 Å². The molecule has 1 aliphatic heterocycles. The van der Waals surface area contributed by atoms with Crippen LogP contribution in [0.4, 0.5) is 6.01 Å². The molecule has 0 aromatic carbocycles. The SMILES string of the molecule is CCN1CCN(c2nc(C(C)C)no2)CC1=O. The molecule has 0 bridgehead atoms. The van der Waals surface area contributed by atoms with Gasteiger partial charge in [-0.25, -0.2) is 0 Å². The number of carbonyl (C=O) groups is 1. The normalized spacial score (nSPS) is 17.1. The molecule has 0 aliphatic carbocycles. The zero-order valence-corrected chi connectivity index (χ0v) is 10.5. The molecule has 6 heteroatoms. The highest BCUT2D eigenvalue weighted by molar-refractivity contribution is 5.82. The Labute approximate surface area is 101 Å². The van der Waals surface area contributed by atoms with Crippen molar-refractivity contribution in [1.82, 2.24) is 15.0 Å². The topological polar surface area (TPSA) is 62.5 Å². The standard InChI is InChI=1S/C11H18N4O2/c1-4-14-5-6-15(7-9(14)16)11-12-10(8(2)3)13-17-11/h8H,4-7H2,1-3H3. The second-order valence-electron chi connectivity index (χ2n) is 4.48. The first kappa shape index (κ1) is 11.9. The van der Waals surface area contributed by atoms with Crippen LogP contribution in [-0.2, 0) is 4.79 Å². The summed E-state index contributed by atoms with van der Waals surface area (Å²) in [5.74, 6) is 1.04. The second kappa shape index (κ2) is 4.73. The van der Waals surface area contributed by atoms with Crippen molar-refractivity contribution in [2.24, 2.45) is 0 Å². The largest absolute Gasteiger partial charge is 0.340 e. The van der Waals surface area contributed by atoms with Gasteiger partial charge in [-0.1, -0.05) is 19.0 Å². The Bertz CT molecular complexity index is 402. The third-order valence-corrected chi connectivity index (χ3v) is 2.92. The van der Waals surface area contributed by atoms with E-state index in [1.54, 1.807) is 0 Å². The van der Waals surface area contributed by atoms with Crippen LogP contribution in [0.5, 0.6) is 0 Å². The minimum atomic E-state index is 0.114. The Morgan fingerprint density at radius 3 is 2.71 bits per heavy atom. The van der Waals surface area contributed by atoms with Gasteiger partial charge in [-0.05, 0) is 6.92 Å². The van der Waals surface area contributed by atoms with Gasteiger partial charge in [-0.2, -0.15) is 4.98 Å². The Balaban J connectivity index is 2.06. The smallest absolute Gasteiger partial charge is 0.324 e. The van der Waals surface area contributed by atoms with E-state index in [4.69, 9.17) is 4.52 Å². The van der Waals surface area contributed by atoms with Gasteiger partial charge < -0.3 is 14.3 Å². The zero-order chi connectivity index (χ0) is 12.4. The van der Waals surface area contributed by atoms with Gasteiger partial charge in [-0.3, -0.25) is 4.79 Å². The number of aromatic nitrogens is 2. The van der Waals surface area contributed by atoms with Crippen LogP contribution >= 0.6 is 0 Å². The molecule has 1 aliphatic rings. The highest BCUT2D eigenvalue weighted by Gasteiger charge is 2.26. The van der Waals surface area contributed by atoms with Crippen LogP contribution in [0, 0.1) is 0 Å². The summed E-state index contributed by atoms with van der Waals surface area (Å²) in [6, 6.07) is 0.456. The number of carbonyl (C=O) groups excluding carboxylic acids is 1. The van der Waals surface area contributed by atoms with Crippen molar-refractivity contribution in [3.8, 4) is 0 Å². The van der Waals surface area contributed by atoms with Crippen LogP contribution in [0.1, 0.15) is 32.5 Å². The monoisotopic (exact) mass is 238 g/mol. The van der Waals surface area contributed by atoms with Crippen molar-refractivity contribution in [2.75, 3.05) is 31.1 Å². The highest BCUT2D eigenvalue weighted by Crippen LogP contribution is 2.17. The number of rotatable bonds is 3. The molecule has 1 saturated heterocycles. The van der Waals surface area contributed by atoms with Crippen LogP contribution in [0.3, 0.4) is 0 Å². The number of anilines is 1. The molecule has 17 heavy (non-hydrogen) atoms. The fourth-order valence-electron chi connectivity index (χ4n) is 1.80. The van der Waals surface area contributed by atoms with Crippen LogP contribution in [0.2, 0.25) is 0 Å². The first-order valence-electron chi connectivity index (χ1n) is 5.98. The van der Waals surface area contributed by atoms with E-state index in [9.17, 15) is 4.79 Å². The molecule has 0 unspecified atom stereocenters. The average molecular weight is 238 g/mol. The van der Waals surface area contributed by atoms with Gasteiger partial charge in [0.2, 0.25) is 5.91 Å². The minimum Gasteiger partial charge on any atom is -0.340 e. The summed E-state index contributed by atoms with van der Waals surface area (Å²) in [5.41, 5.74) is 0. The van der Waals surface area contributed by atoms with Crippen molar-refractivity contribution >= 4 is 11.9 Å². The van der Waals surface area contributed by atoms with Crippen LogP contribution in [0.15, 0.2) is 4.52 Å². The Kier molecular flexibility index (Phi) is 3.31. The van der Waals surface area contributed by atoms with Gasteiger partial charge in [0.05, 0.1) is 0 Å². The molecule has 2 rings (SSSR count). The number of nitrogens with zero attached hydrogens (tertiary/aromatic N) is 4. The lowest BCUT2D eigenvalue weighted by atomic mass is 10.2. The lowest BCUT2D eigenvalue weighted by Crippen LogP contribution is -2.50. The lowest BCUT2D eigenvalue weighted by molar-refractivity contribution is -0.130. The summed E-state index contributed by atoms with van der Waals surface area (Å²) in [4.78, 5) is 19.7. The van der Waals surface area contributed by atoms with E-state index >= 15 is 0 Å². The van der Waals surface area contributed by atoms with Gasteiger partial charge in [0.15, 0.2) is 5.82 Å². The molecule has 0 N–H and O–H groups in total. The van der Waals surface area contributed by atoms with Crippen molar-refractivity contribution in [3.05, 3.63) is 5.82 Å². The number of amides is 1. The molecular weight excluding hydrogens is 220 g/mol. The quantitative estimate of drug-likeness (QED) is 0.781. The highest BCUT2D eigenvalue weighted by atomic mass is 16.5. The molecule has 1 fully saturated rings. The molecule has 0 radical (unpaired) electrons. The van der Waals surface area contributed by atoms with Crippen molar-refractivity contribution < 1.29 is 9.32 Å². The van der Waals surface area contributed by atoms with Crippen LogP contribution in [-0.4, -0.2) is 47.1 Å². The van der Waals surface area contributed by atoms with E-state index in [0.29, 0.717) is 24.9 Å². The van der Waals surface area contributed by atoms with Gasteiger partial charge in [0.25, 0.3) is 0 Å². The molecular formula is C11H18N4O2. The van der Waals surface area contributed by atoms with Gasteiger partial charge in [-0.15, -0.1) is 0 Å². The molecule has 0 spiro atoms. The first-order valence-corrected chi connectivity index (χ1v) is 5.98. The van der Waals surface area contributed by atoms with E-state index in [2.05, 4.69) is 10.1 Å². The van der Waals surface area contributed by atoms with Crippen molar-refractivity contribution in [3.63, 3.8) is 0 Å². The Morgan fingerprint density at radius 1 is 1.41 bits per heavy atom. The summed E-state index contributed by atoms with van der Waals surface area (Å²) in [6.45, 7) is 8.55. The van der Waals surface area contributed by atoms with E-state index in [0.717, 1.165) is 13.1 Å². The summed E-state index contributed by atoms with van der Waals surface area (Å²) >= 11 is 0. The lowest BCUT2D eigenvalue weighted by Gasteiger charge is -2.32. The second-order valence-corrected chi connectivity index (χ2v) is 4.48. The number of likely N-dealkylation sites (N-methyl/N-ethyl adjacent to an activating group) is 1. The maximum atomic E-state index is 11.7. The summed E-state index contributed by atoms with van der Waals surface area (Å²) in [6.07, 6.45) is 0. The molecule has 1 amide bonds. The van der Waals surface area contributed by atoms with Crippen molar-refractivity contribution in [1.29, 1.82) is 0 Å². The van der Waals surface area contributed by atoms with Gasteiger partial charge in [0.1, 0.15) is 6.54 Å². The third-order valence-electron chi connectivity index (χ3n) is 2.92. The summed E-state index contributed by atoms with van der Waals surface area (Å²) in [5, 5.41) is 3.90. The fourth-order valence-corrected chi connectivity index (χ4v) is 1.80. The predicted molar refractivity (Wildman–Crippen MR) is 62.9 cm³/mol. The molecule has 1 aromatic rings. The summed E-state index contributed by atoms with van der Waals surface area (Å²) in [7, 11) is 0. The van der Waals surface area contributed by atoms with Gasteiger partial charge in [0, 0.05) is 25.6 Å². The third kappa shape index (κ3) is 2.40. The number of hydrogen-bond donors (Lipinski definition) is 0. The van der Waals surface area contributed by atoms with E-state index in [1.165, 1.54) is 0 Å². The number of piperazine rings is 1. The van der Waals surface area contributed by atoms with E-state index in [1.807, 2.05) is 30.6 Å². The maximum absolute atomic E-state index is 11.7. The van der Waals surface area contributed by atoms with E-state index < -0.39 is 0 Å². The summed E-state index contributed by atoms with van der Waals surface area (Å²) < 4.78 is 5.18. The maximum Gasteiger partial charge on any atom is 0.324 e. The average Bonchev–Trinajstić information content (AvgIpc) is 2.78. The molecule has 6 nitrogen and oxygen atoms in total. The van der Waals surface area contributed by atoms with Crippen molar-refractivity contribution in [2.45, 2.75) is 26.7 Å². The first-order chi connectivity index (χ1) is 8.11. The molecule has 1 aromatic heterocycles. The predicted octanol–water partition coefficient (Wildman–Crippen LogP) is 0.861. The van der Waals surface area contributed by atoms with Gasteiger partial charge >= 0.3 is 6.01 Å². The Hall–Kier alpha value is -1.59. The number of hydrogen-bond acceptors (Lipinski definition) is 5.